The van der Waals surface area contributed by atoms with Gasteiger partial charge in [-0.25, -0.2) is 4.39 Å². The highest BCUT2D eigenvalue weighted by Gasteiger charge is 2.30. The van der Waals surface area contributed by atoms with Gasteiger partial charge in [0.15, 0.2) is 0 Å². The topological polar surface area (TPSA) is 43.8 Å². The van der Waals surface area contributed by atoms with Gasteiger partial charge < -0.3 is 10.0 Å². The first kappa shape index (κ1) is 15.5. The molecule has 1 N–H and O–H groups in total. The maximum absolute atomic E-state index is 13.0. The van der Waals surface area contributed by atoms with Crippen molar-refractivity contribution in [2.45, 2.75) is 6.04 Å². The monoisotopic (exact) mass is 314 g/mol. The number of nitrogens with zero attached hydrogens (tertiary/aromatic N) is 2. The molecular weight excluding hydrogens is 295 g/mol. The van der Waals surface area contributed by atoms with E-state index in [1.54, 1.807) is 12.1 Å². The Morgan fingerprint density at radius 1 is 0.957 bits per heavy atom. The Morgan fingerprint density at radius 2 is 1.57 bits per heavy atom. The molecule has 1 unspecified atom stereocenters. The van der Waals surface area contributed by atoms with Crippen LogP contribution in [0.1, 0.15) is 11.6 Å². The van der Waals surface area contributed by atoms with Gasteiger partial charge in [-0.3, -0.25) is 9.69 Å². The number of piperazine rings is 1. The fourth-order valence-corrected chi connectivity index (χ4v) is 3.04. The molecule has 0 aromatic heterocycles. The molecule has 0 amide bonds. The van der Waals surface area contributed by atoms with Crippen LogP contribution in [0.4, 0.5) is 10.1 Å². The van der Waals surface area contributed by atoms with Crippen LogP contribution in [0.2, 0.25) is 0 Å². The molecule has 0 bridgehead atoms. The third-order valence-electron chi connectivity index (χ3n) is 4.22. The normalized spacial score (nSPS) is 17.0. The average molecular weight is 314 g/mol. The summed E-state index contributed by atoms with van der Waals surface area (Å²) in [7, 11) is 0. The standard InChI is InChI=1S/C18H19FN2O2/c19-15-6-8-16(9-7-15)20-10-12-21(13-11-20)17(18(22)23)14-4-2-1-3-5-14/h1-9,17H,10-13H2,(H,22,23). The second-order valence-electron chi connectivity index (χ2n) is 5.65. The van der Waals surface area contributed by atoms with Gasteiger partial charge in [-0.2, -0.15) is 0 Å². The predicted octanol–water partition coefficient (Wildman–Crippen LogP) is 2.77. The maximum atomic E-state index is 13.0. The van der Waals surface area contributed by atoms with E-state index in [4.69, 9.17) is 0 Å². The van der Waals surface area contributed by atoms with Crippen LogP contribution in [-0.2, 0) is 4.79 Å². The molecule has 0 aliphatic carbocycles. The number of aliphatic carboxylic acids is 1. The summed E-state index contributed by atoms with van der Waals surface area (Å²) < 4.78 is 13.0. The van der Waals surface area contributed by atoms with Crippen molar-refractivity contribution in [3.63, 3.8) is 0 Å². The van der Waals surface area contributed by atoms with Crippen molar-refractivity contribution in [3.05, 3.63) is 66.0 Å². The van der Waals surface area contributed by atoms with E-state index in [9.17, 15) is 14.3 Å². The quantitative estimate of drug-likeness (QED) is 0.942. The van der Waals surface area contributed by atoms with Gasteiger partial charge in [0.2, 0.25) is 0 Å². The van der Waals surface area contributed by atoms with Crippen LogP contribution in [0.25, 0.3) is 0 Å². The Bertz CT molecular complexity index is 652. The predicted molar refractivity (Wildman–Crippen MR) is 87.0 cm³/mol. The van der Waals surface area contributed by atoms with Gasteiger partial charge in [0.05, 0.1) is 0 Å². The number of halogens is 1. The first-order chi connectivity index (χ1) is 11.1. The van der Waals surface area contributed by atoms with Crippen LogP contribution in [0.15, 0.2) is 54.6 Å². The summed E-state index contributed by atoms with van der Waals surface area (Å²) >= 11 is 0. The van der Waals surface area contributed by atoms with E-state index in [0.717, 1.165) is 24.3 Å². The Kier molecular flexibility index (Phi) is 4.57. The summed E-state index contributed by atoms with van der Waals surface area (Å²) in [6.07, 6.45) is 0. The minimum atomic E-state index is -0.827. The third kappa shape index (κ3) is 3.51. The Balaban J connectivity index is 1.69. The molecule has 1 fully saturated rings. The highest BCUT2D eigenvalue weighted by molar-refractivity contribution is 5.75. The van der Waals surface area contributed by atoms with E-state index in [0.29, 0.717) is 13.1 Å². The molecule has 2 aromatic rings. The van der Waals surface area contributed by atoms with Crippen molar-refractivity contribution in [1.29, 1.82) is 0 Å². The van der Waals surface area contributed by atoms with Crippen LogP contribution in [0, 0.1) is 5.82 Å². The van der Waals surface area contributed by atoms with Crippen molar-refractivity contribution in [2.75, 3.05) is 31.1 Å². The molecule has 1 heterocycles. The van der Waals surface area contributed by atoms with E-state index < -0.39 is 12.0 Å². The molecule has 23 heavy (non-hydrogen) atoms. The first-order valence-corrected chi connectivity index (χ1v) is 7.67. The molecule has 4 nitrogen and oxygen atoms in total. The smallest absolute Gasteiger partial charge is 0.325 e. The number of hydrogen-bond donors (Lipinski definition) is 1. The summed E-state index contributed by atoms with van der Waals surface area (Å²) in [5.74, 6) is -1.08. The van der Waals surface area contributed by atoms with Crippen LogP contribution < -0.4 is 4.90 Å². The zero-order chi connectivity index (χ0) is 16.2. The average Bonchev–Trinajstić information content (AvgIpc) is 2.57. The molecule has 0 spiro atoms. The fourth-order valence-electron chi connectivity index (χ4n) is 3.04. The number of carbonyl (C=O) groups is 1. The largest absolute Gasteiger partial charge is 0.480 e. The lowest BCUT2D eigenvalue weighted by Gasteiger charge is -2.38. The Labute approximate surface area is 134 Å². The van der Waals surface area contributed by atoms with E-state index in [-0.39, 0.29) is 5.82 Å². The minimum absolute atomic E-state index is 0.248. The first-order valence-electron chi connectivity index (χ1n) is 7.67. The van der Waals surface area contributed by atoms with Gasteiger partial charge in [0, 0.05) is 31.9 Å². The van der Waals surface area contributed by atoms with Crippen LogP contribution in [-0.4, -0.2) is 42.2 Å². The molecule has 5 heteroatoms. The van der Waals surface area contributed by atoms with Gasteiger partial charge in [-0.15, -0.1) is 0 Å². The summed E-state index contributed by atoms with van der Waals surface area (Å²) in [6.45, 7) is 2.76. The summed E-state index contributed by atoms with van der Waals surface area (Å²) in [5, 5.41) is 9.60. The molecule has 3 rings (SSSR count). The second-order valence-corrected chi connectivity index (χ2v) is 5.65. The Morgan fingerprint density at radius 3 is 2.13 bits per heavy atom. The number of rotatable bonds is 4. The molecule has 0 radical (unpaired) electrons. The van der Waals surface area contributed by atoms with Gasteiger partial charge >= 0.3 is 5.97 Å². The number of carboxylic acids is 1. The summed E-state index contributed by atoms with van der Waals surface area (Å²) in [6, 6.07) is 15.1. The molecule has 1 atom stereocenters. The molecule has 2 aromatic carbocycles. The third-order valence-corrected chi connectivity index (χ3v) is 4.22. The van der Waals surface area contributed by atoms with Crippen molar-refractivity contribution < 1.29 is 14.3 Å². The molecule has 0 saturated carbocycles. The lowest BCUT2D eigenvalue weighted by atomic mass is 10.0. The van der Waals surface area contributed by atoms with Gasteiger partial charge in [0.1, 0.15) is 11.9 Å². The zero-order valence-corrected chi connectivity index (χ0v) is 12.7. The van der Waals surface area contributed by atoms with Gasteiger partial charge in [-0.05, 0) is 29.8 Å². The molecule has 120 valence electrons. The van der Waals surface area contributed by atoms with E-state index in [2.05, 4.69) is 4.90 Å². The lowest BCUT2D eigenvalue weighted by molar-refractivity contribution is -0.143. The van der Waals surface area contributed by atoms with Crippen LogP contribution in [0.5, 0.6) is 0 Å². The number of carboxylic acid groups (broad SMARTS) is 1. The summed E-state index contributed by atoms with van der Waals surface area (Å²) in [5.41, 5.74) is 1.77. The van der Waals surface area contributed by atoms with Crippen LogP contribution in [0.3, 0.4) is 0 Å². The zero-order valence-electron chi connectivity index (χ0n) is 12.7. The van der Waals surface area contributed by atoms with E-state index in [1.165, 1.54) is 12.1 Å². The van der Waals surface area contributed by atoms with E-state index >= 15 is 0 Å². The maximum Gasteiger partial charge on any atom is 0.325 e. The van der Waals surface area contributed by atoms with Crippen molar-refractivity contribution in [3.8, 4) is 0 Å². The second kappa shape index (κ2) is 6.79. The van der Waals surface area contributed by atoms with E-state index in [1.807, 2.05) is 35.2 Å². The van der Waals surface area contributed by atoms with Gasteiger partial charge in [-0.1, -0.05) is 30.3 Å². The van der Waals surface area contributed by atoms with Crippen LogP contribution >= 0.6 is 0 Å². The molecule has 1 aliphatic heterocycles. The molecule has 1 aliphatic rings. The Hall–Kier alpha value is -2.40. The highest BCUT2D eigenvalue weighted by atomic mass is 19.1. The highest BCUT2D eigenvalue weighted by Crippen LogP contribution is 2.24. The van der Waals surface area contributed by atoms with Crippen molar-refractivity contribution in [1.82, 2.24) is 4.90 Å². The fraction of sp³-hybridized carbons (Fsp3) is 0.278. The minimum Gasteiger partial charge on any atom is -0.480 e. The van der Waals surface area contributed by atoms with Crippen molar-refractivity contribution >= 4 is 11.7 Å². The lowest BCUT2D eigenvalue weighted by Crippen LogP contribution is -2.49. The number of hydrogen-bond acceptors (Lipinski definition) is 3. The SMILES string of the molecule is O=C(O)C(c1ccccc1)N1CCN(c2ccc(F)cc2)CC1. The van der Waals surface area contributed by atoms with Crippen molar-refractivity contribution in [2.24, 2.45) is 0 Å². The molecule has 1 saturated heterocycles. The number of anilines is 1. The number of benzene rings is 2. The molecular formula is C18H19FN2O2. The summed E-state index contributed by atoms with van der Waals surface area (Å²) in [4.78, 5) is 15.8. The van der Waals surface area contributed by atoms with Gasteiger partial charge in [0.25, 0.3) is 0 Å².